The molecule has 152 valence electrons. The number of nitro groups is 1. The number of nitrogens with zero attached hydrogens (tertiary/aromatic N) is 3. The van der Waals surface area contributed by atoms with Gasteiger partial charge in [0, 0.05) is 6.07 Å². The van der Waals surface area contributed by atoms with E-state index >= 15 is 0 Å². The van der Waals surface area contributed by atoms with E-state index in [1.807, 2.05) is 38.1 Å². The number of hydrogen-bond acceptors (Lipinski definition) is 5. The van der Waals surface area contributed by atoms with Gasteiger partial charge in [0.15, 0.2) is 0 Å². The maximum absolute atomic E-state index is 12.6. The first-order valence-electron chi connectivity index (χ1n) is 9.32. The Bertz CT molecular complexity index is 1000. The number of rotatable bonds is 7. The normalized spacial score (nSPS) is 11.9. The fraction of sp³-hybridized carbons (Fsp3) is 0.381. The highest BCUT2D eigenvalue weighted by atomic mass is 16.6. The molecule has 0 fully saturated rings. The molecule has 0 saturated heterocycles. The minimum atomic E-state index is -0.740. The van der Waals surface area contributed by atoms with Crippen LogP contribution >= 0.6 is 0 Å². The van der Waals surface area contributed by atoms with Crippen molar-refractivity contribution in [1.82, 2.24) is 9.88 Å². The Kier molecular flexibility index (Phi) is 6.89. The summed E-state index contributed by atoms with van der Waals surface area (Å²) in [6.07, 6.45) is 0.977. The van der Waals surface area contributed by atoms with Crippen molar-refractivity contribution in [1.29, 1.82) is 5.26 Å². The highest BCUT2D eigenvalue weighted by molar-refractivity contribution is 5.76. The van der Waals surface area contributed by atoms with Crippen molar-refractivity contribution in [3.63, 3.8) is 0 Å². The Labute approximate surface area is 168 Å². The average Bonchev–Trinajstić information content (AvgIpc) is 2.67. The van der Waals surface area contributed by atoms with E-state index in [0.717, 1.165) is 22.4 Å². The molecule has 1 amide bonds. The summed E-state index contributed by atoms with van der Waals surface area (Å²) < 4.78 is 0.894. The van der Waals surface area contributed by atoms with E-state index in [1.165, 1.54) is 5.56 Å². The molecule has 0 radical (unpaired) electrons. The zero-order valence-electron chi connectivity index (χ0n) is 16.9. The van der Waals surface area contributed by atoms with Crippen LogP contribution in [0.3, 0.4) is 0 Å². The van der Waals surface area contributed by atoms with Gasteiger partial charge in [0.05, 0.1) is 17.2 Å². The third-order valence-corrected chi connectivity index (χ3v) is 4.66. The number of nitrogens with one attached hydrogen (secondary N) is 1. The van der Waals surface area contributed by atoms with E-state index in [1.54, 1.807) is 6.07 Å². The topological polar surface area (TPSA) is 118 Å². The smallest absolute Gasteiger partial charge is 0.287 e. The first-order valence-corrected chi connectivity index (χ1v) is 9.32. The van der Waals surface area contributed by atoms with E-state index < -0.39 is 28.6 Å². The molecular weight excluding hydrogens is 372 g/mol. The van der Waals surface area contributed by atoms with Crippen molar-refractivity contribution in [2.45, 2.75) is 46.2 Å². The summed E-state index contributed by atoms with van der Waals surface area (Å²) in [4.78, 5) is 35.1. The van der Waals surface area contributed by atoms with Gasteiger partial charge >= 0.3 is 0 Å². The lowest BCUT2D eigenvalue weighted by atomic mass is 9.93. The number of pyridine rings is 1. The molecule has 1 N–H and O–H groups in total. The molecule has 2 aromatic rings. The second-order valence-electron chi connectivity index (χ2n) is 7.52. The molecule has 1 heterocycles. The van der Waals surface area contributed by atoms with Crippen LogP contribution in [0, 0.1) is 27.4 Å². The number of benzene rings is 1. The second-order valence-corrected chi connectivity index (χ2v) is 7.52. The SMILES string of the molecule is CC(C)c1ccc([C@@H](NC(=O)Cn2cc([N+](=O)[O-])cc(C#N)c2=O)C(C)C)cc1. The second kappa shape index (κ2) is 9.15. The van der Waals surface area contributed by atoms with Gasteiger partial charge in [0.2, 0.25) is 5.91 Å². The molecular formula is C21H24N4O4. The predicted molar refractivity (Wildman–Crippen MR) is 108 cm³/mol. The van der Waals surface area contributed by atoms with Crippen molar-refractivity contribution in [3.8, 4) is 6.07 Å². The van der Waals surface area contributed by atoms with Gasteiger partial charge in [0.25, 0.3) is 11.2 Å². The van der Waals surface area contributed by atoms with Gasteiger partial charge in [-0.15, -0.1) is 0 Å². The summed E-state index contributed by atoms with van der Waals surface area (Å²) in [5.74, 6) is 0.00897. The quantitative estimate of drug-likeness (QED) is 0.569. The zero-order chi connectivity index (χ0) is 21.7. The van der Waals surface area contributed by atoms with E-state index in [4.69, 9.17) is 5.26 Å². The van der Waals surface area contributed by atoms with Gasteiger partial charge in [-0.2, -0.15) is 5.26 Å². The molecule has 1 aromatic heterocycles. The van der Waals surface area contributed by atoms with Gasteiger partial charge in [-0.05, 0) is 23.0 Å². The molecule has 29 heavy (non-hydrogen) atoms. The van der Waals surface area contributed by atoms with Gasteiger partial charge < -0.3 is 5.32 Å². The van der Waals surface area contributed by atoms with Crippen LogP contribution in [0.2, 0.25) is 0 Å². The minimum Gasteiger partial charge on any atom is -0.347 e. The summed E-state index contributed by atoms with van der Waals surface area (Å²) >= 11 is 0. The van der Waals surface area contributed by atoms with E-state index in [-0.39, 0.29) is 17.5 Å². The first-order chi connectivity index (χ1) is 13.6. The zero-order valence-corrected chi connectivity index (χ0v) is 16.9. The molecule has 8 nitrogen and oxygen atoms in total. The van der Waals surface area contributed by atoms with Crippen LogP contribution in [0.1, 0.15) is 56.3 Å². The first kappa shape index (κ1) is 21.8. The number of aromatic nitrogens is 1. The summed E-state index contributed by atoms with van der Waals surface area (Å²) in [5, 5.41) is 22.9. The molecule has 2 rings (SSSR count). The lowest BCUT2D eigenvalue weighted by Crippen LogP contribution is -2.37. The molecule has 0 saturated carbocycles. The number of carbonyl (C=O) groups is 1. The number of carbonyl (C=O) groups excluding carboxylic acids is 1. The Morgan fingerprint density at radius 2 is 1.79 bits per heavy atom. The third-order valence-electron chi connectivity index (χ3n) is 4.66. The Balaban J connectivity index is 2.26. The van der Waals surface area contributed by atoms with Crippen molar-refractivity contribution in [3.05, 3.63) is 73.7 Å². The Hall–Kier alpha value is -3.47. The van der Waals surface area contributed by atoms with E-state index in [2.05, 4.69) is 19.2 Å². The fourth-order valence-electron chi connectivity index (χ4n) is 3.01. The molecule has 0 aliphatic rings. The molecule has 1 atom stereocenters. The van der Waals surface area contributed by atoms with Crippen molar-refractivity contribution in [2.75, 3.05) is 0 Å². The van der Waals surface area contributed by atoms with Crippen LogP contribution in [-0.4, -0.2) is 15.4 Å². The van der Waals surface area contributed by atoms with Crippen molar-refractivity contribution >= 4 is 11.6 Å². The van der Waals surface area contributed by atoms with Gasteiger partial charge in [-0.3, -0.25) is 24.3 Å². The molecule has 0 spiro atoms. The lowest BCUT2D eigenvalue weighted by Gasteiger charge is -2.23. The van der Waals surface area contributed by atoms with Crippen LogP contribution in [0.15, 0.2) is 41.3 Å². The van der Waals surface area contributed by atoms with Crippen molar-refractivity contribution < 1.29 is 9.72 Å². The maximum atomic E-state index is 12.6. The monoisotopic (exact) mass is 396 g/mol. The standard InChI is InChI=1S/C21H24N4O4/c1-13(2)15-5-7-16(8-6-15)20(14(3)4)23-19(26)12-24-11-18(25(28)29)9-17(10-22)21(24)27/h5-9,11,13-14,20H,12H2,1-4H3,(H,23,26)/t20-/m0/s1. The predicted octanol–water partition coefficient (Wildman–Crippen LogP) is 3.27. The van der Waals surface area contributed by atoms with Crippen LogP contribution < -0.4 is 10.9 Å². The van der Waals surface area contributed by atoms with Crippen LogP contribution in [0.5, 0.6) is 0 Å². The minimum absolute atomic E-state index is 0.0837. The summed E-state index contributed by atoms with van der Waals surface area (Å²) in [6.45, 7) is 7.72. The Morgan fingerprint density at radius 1 is 1.21 bits per heavy atom. The fourth-order valence-corrected chi connectivity index (χ4v) is 3.01. The number of amides is 1. The molecule has 8 heteroatoms. The van der Waals surface area contributed by atoms with Crippen LogP contribution in [-0.2, 0) is 11.3 Å². The third kappa shape index (κ3) is 5.29. The summed E-state index contributed by atoms with van der Waals surface area (Å²) in [6, 6.07) is 10.2. The molecule has 0 bridgehead atoms. The number of nitriles is 1. The van der Waals surface area contributed by atoms with E-state index in [0.29, 0.717) is 5.92 Å². The van der Waals surface area contributed by atoms with Crippen LogP contribution in [0.4, 0.5) is 5.69 Å². The van der Waals surface area contributed by atoms with Crippen molar-refractivity contribution in [2.24, 2.45) is 5.92 Å². The lowest BCUT2D eigenvalue weighted by molar-refractivity contribution is -0.385. The molecule has 1 aromatic carbocycles. The van der Waals surface area contributed by atoms with Crippen LogP contribution in [0.25, 0.3) is 0 Å². The highest BCUT2D eigenvalue weighted by Gasteiger charge is 2.20. The maximum Gasteiger partial charge on any atom is 0.287 e. The van der Waals surface area contributed by atoms with Gasteiger partial charge in [-0.1, -0.05) is 52.0 Å². The summed E-state index contributed by atoms with van der Waals surface area (Å²) in [5.41, 5.74) is 0.586. The largest absolute Gasteiger partial charge is 0.347 e. The summed E-state index contributed by atoms with van der Waals surface area (Å²) in [7, 11) is 0. The molecule has 0 aliphatic heterocycles. The Morgan fingerprint density at radius 3 is 2.28 bits per heavy atom. The van der Waals surface area contributed by atoms with Gasteiger partial charge in [0.1, 0.15) is 18.2 Å². The average molecular weight is 396 g/mol. The molecule has 0 unspecified atom stereocenters. The molecule has 0 aliphatic carbocycles. The van der Waals surface area contributed by atoms with Gasteiger partial charge in [-0.25, -0.2) is 0 Å². The number of hydrogen-bond donors (Lipinski definition) is 1. The highest BCUT2D eigenvalue weighted by Crippen LogP contribution is 2.24. The van der Waals surface area contributed by atoms with E-state index in [9.17, 15) is 19.7 Å².